The fourth-order valence-corrected chi connectivity index (χ4v) is 3.22. The van der Waals surface area contributed by atoms with Crippen molar-refractivity contribution < 1.29 is 4.74 Å². The van der Waals surface area contributed by atoms with Crippen molar-refractivity contribution >= 4 is 5.69 Å². The summed E-state index contributed by atoms with van der Waals surface area (Å²) in [5.41, 5.74) is 6.22. The SMILES string of the molecule is COc1ccc2c(c1)CCCC2Nc1c(C)nn(C)c1C. The Bertz CT molecular complexity index is 660. The molecule has 1 atom stereocenters. The number of nitrogens with zero attached hydrogens (tertiary/aromatic N) is 2. The van der Waals surface area contributed by atoms with Gasteiger partial charge in [-0.05, 0) is 56.4 Å². The van der Waals surface area contributed by atoms with E-state index in [4.69, 9.17) is 4.74 Å². The third kappa shape index (κ3) is 2.50. The number of hydrogen-bond acceptors (Lipinski definition) is 3. The summed E-state index contributed by atoms with van der Waals surface area (Å²) >= 11 is 0. The van der Waals surface area contributed by atoms with Crippen LogP contribution in [-0.2, 0) is 13.5 Å². The lowest BCUT2D eigenvalue weighted by atomic mass is 9.87. The van der Waals surface area contributed by atoms with Gasteiger partial charge in [-0.25, -0.2) is 0 Å². The summed E-state index contributed by atoms with van der Waals surface area (Å²) in [5, 5.41) is 8.20. The zero-order valence-corrected chi connectivity index (χ0v) is 13.2. The number of hydrogen-bond donors (Lipinski definition) is 1. The monoisotopic (exact) mass is 285 g/mol. The third-order valence-corrected chi connectivity index (χ3v) is 4.49. The second kappa shape index (κ2) is 5.43. The van der Waals surface area contributed by atoms with Gasteiger partial charge in [-0.1, -0.05) is 6.07 Å². The van der Waals surface area contributed by atoms with Crippen LogP contribution in [0.2, 0.25) is 0 Å². The van der Waals surface area contributed by atoms with Crippen molar-refractivity contribution in [2.45, 2.75) is 39.2 Å². The molecular formula is C17H23N3O. The Morgan fingerprint density at radius 1 is 1.33 bits per heavy atom. The van der Waals surface area contributed by atoms with Crippen molar-refractivity contribution in [2.75, 3.05) is 12.4 Å². The van der Waals surface area contributed by atoms with E-state index in [0.717, 1.165) is 24.3 Å². The topological polar surface area (TPSA) is 39.1 Å². The lowest BCUT2D eigenvalue weighted by molar-refractivity contribution is 0.413. The summed E-state index contributed by atoms with van der Waals surface area (Å²) in [6.07, 6.45) is 3.50. The van der Waals surface area contributed by atoms with Gasteiger partial charge >= 0.3 is 0 Å². The Hall–Kier alpha value is -1.97. The maximum Gasteiger partial charge on any atom is 0.119 e. The molecule has 4 nitrogen and oxygen atoms in total. The molecule has 112 valence electrons. The number of fused-ring (bicyclic) bond motifs is 1. The minimum absolute atomic E-state index is 0.362. The van der Waals surface area contributed by atoms with Gasteiger partial charge in [-0.2, -0.15) is 5.10 Å². The molecule has 1 aliphatic rings. The van der Waals surface area contributed by atoms with Gasteiger partial charge in [0.05, 0.1) is 30.2 Å². The first-order valence-corrected chi connectivity index (χ1v) is 7.53. The van der Waals surface area contributed by atoms with E-state index in [9.17, 15) is 0 Å². The molecule has 0 bridgehead atoms. The van der Waals surface area contributed by atoms with Gasteiger partial charge in [0.2, 0.25) is 0 Å². The molecule has 2 aromatic rings. The van der Waals surface area contributed by atoms with E-state index in [1.807, 2.05) is 11.7 Å². The smallest absolute Gasteiger partial charge is 0.119 e. The molecule has 21 heavy (non-hydrogen) atoms. The fraction of sp³-hybridized carbons (Fsp3) is 0.471. The molecule has 1 heterocycles. The van der Waals surface area contributed by atoms with Gasteiger partial charge in [-0.3, -0.25) is 4.68 Å². The molecule has 3 rings (SSSR count). The number of benzene rings is 1. The van der Waals surface area contributed by atoms with Crippen LogP contribution in [0, 0.1) is 13.8 Å². The second-order valence-electron chi connectivity index (χ2n) is 5.82. The minimum Gasteiger partial charge on any atom is -0.497 e. The molecule has 1 aromatic carbocycles. The van der Waals surface area contributed by atoms with Crippen LogP contribution >= 0.6 is 0 Å². The van der Waals surface area contributed by atoms with Crippen LogP contribution < -0.4 is 10.1 Å². The summed E-state index contributed by atoms with van der Waals surface area (Å²) in [4.78, 5) is 0. The molecule has 1 aromatic heterocycles. The maximum atomic E-state index is 5.34. The van der Waals surface area contributed by atoms with E-state index in [2.05, 4.69) is 42.5 Å². The number of aromatic nitrogens is 2. The first-order chi connectivity index (χ1) is 10.1. The van der Waals surface area contributed by atoms with Crippen LogP contribution in [0.3, 0.4) is 0 Å². The summed E-state index contributed by atoms with van der Waals surface area (Å²) in [5.74, 6) is 0.947. The zero-order valence-electron chi connectivity index (χ0n) is 13.2. The zero-order chi connectivity index (χ0) is 15.0. The summed E-state index contributed by atoms with van der Waals surface area (Å²) in [6, 6.07) is 6.79. The van der Waals surface area contributed by atoms with Crippen molar-refractivity contribution in [2.24, 2.45) is 7.05 Å². The lowest BCUT2D eigenvalue weighted by Crippen LogP contribution is -2.18. The first kappa shape index (κ1) is 14.0. The molecule has 4 heteroatoms. The average molecular weight is 285 g/mol. The summed E-state index contributed by atoms with van der Waals surface area (Å²) in [6.45, 7) is 4.17. The number of aryl methyl sites for hydroxylation is 3. The van der Waals surface area contributed by atoms with Gasteiger partial charge in [0.15, 0.2) is 0 Å². The first-order valence-electron chi connectivity index (χ1n) is 7.53. The highest BCUT2D eigenvalue weighted by Crippen LogP contribution is 2.35. The highest BCUT2D eigenvalue weighted by atomic mass is 16.5. The molecule has 0 amide bonds. The van der Waals surface area contributed by atoms with E-state index in [1.54, 1.807) is 7.11 Å². The normalized spacial score (nSPS) is 17.4. The molecule has 0 fully saturated rings. The van der Waals surface area contributed by atoms with Crippen molar-refractivity contribution in [3.63, 3.8) is 0 Å². The molecule has 0 saturated carbocycles. The Balaban J connectivity index is 1.92. The van der Waals surface area contributed by atoms with Gasteiger partial charge in [0.25, 0.3) is 0 Å². The molecule has 0 aliphatic heterocycles. The second-order valence-corrected chi connectivity index (χ2v) is 5.82. The molecule has 1 aliphatic carbocycles. The van der Waals surface area contributed by atoms with Crippen LogP contribution in [-0.4, -0.2) is 16.9 Å². The number of ether oxygens (including phenoxy) is 1. The summed E-state index contributed by atoms with van der Waals surface area (Å²) < 4.78 is 7.28. The predicted octanol–water partition coefficient (Wildman–Crippen LogP) is 3.54. The van der Waals surface area contributed by atoms with Gasteiger partial charge in [-0.15, -0.1) is 0 Å². The van der Waals surface area contributed by atoms with Gasteiger partial charge in [0.1, 0.15) is 5.75 Å². The van der Waals surface area contributed by atoms with E-state index < -0.39 is 0 Å². The van der Waals surface area contributed by atoms with Gasteiger partial charge in [0, 0.05) is 7.05 Å². The maximum absolute atomic E-state index is 5.34. The Labute approximate surface area is 126 Å². The van der Waals surface area contributed by atoms with Crippen molar-refractivity contribution in [3.05, 3.63) is 40.7 Å². The number of anilines is 1. The number of rotatable bonds is 3. The Kier molecular flexibility index (Phi) is 3.62. The number of nitrogens with one attached hydrogen (secondary N) is 1. The summed E-state index contributed by atoms with van der Waals surface area (Å²) in [7, 11) is 3.72. The molecule has 1 unspecified atom stereocenters. The Morgan fingerprint density at radius 3 is 2.81 bits per heavy atom. The van der Waals surface area contributed by atoms with Crippen LogP contribution in [0.5, 0.6) is 5.75 Å². The highest BCUT2D eigenvalue weighted by Gasteiger charge is 2.22. The lowest BCUT2D eigenvalue weighted by Gasteiger charge is -2.27. The Morgan fingerprint density at radius 2 is 2.14 bits per heavy atom. The highest BCUT2D eigenvalue weighted by molar-refractivity contribution is 5.54. The van der Waals surface area contributed by atoms with Gasteiger partial charge < -0.3 is 10.1 Å². The molecule has 1 N–H and O–H groups in total. The standard InChI is InChI=1S/C17H23N3O/c1-11-17(12(2)20(3)19-11)18-16-7-5-6-13-10-14(21-4)8-9-15(13)16/h8-10,16,18H,5-7H2,1-4H3. The van der Waals surface area contributed by atoms with Crippen LogP contribution in [0.15, 0.2) is 18.2 Å². The average Bonchev–Trinajstić information content (AvgIpc) is 2.73. The van der Waals surface area contributed by atoms with Crippen LogP contribution in [0.4, 0.5) is 5.69 Å². The van der Waals surface area contributed by atoms with Crippen LogP contribution in [0.25, 0.3) is 0 Å². The number of methoxy groups -OCH3 is 1. The minimum atomic E-state index is 0.362. The van der Waals surface area contributed by atoms with E-state index in [-0.39, 0.29) is 0 Å². The van der Waals surface area contributed by atoms with Crippen molar-refractivity contribution in [3.8, 4) is 5.75 Å². The van der Waals surface area contributed by atoms with E-state index in [0.29, 0.717) is 6.04 Å². The van der Waals surface area contributed by atoms with E-state index >= 15 is 0 Å². The van der Waals surface area contributed by atoms with Crippen molar-refractivity contribution in [1.29, 1.82) is 0 Å². The fourth-order valence-electron chi connectivity index (χ4n) is 3.22. The predicted molar refractivity (Wildman–Crippen MR) is 85.0 cm³/mol. The van der Waals surface area contributed by atoms with E-state index in [1.165, 1.54) is 28.9 Å². The molecule has 0 radical (unpaired) electrons. The molecule has 0 spiro atoms. The quantitative estimate of drug-likeness (QED) is 0.937. The molecular weight excluding hydrogens is 262 g/mol. The third-order valence-electron chi connectivity index (χ3n) is 4.49. The van der Waals surface area contributed by atoms with Crippen molar-refractivity contribution in [1.82, 2.24) is 9.78 Å². The van der Waals surface area contributed by atoms with Crippen LogP contribution in [0.1, 0.15) is 41.4 Å². The largest absolute Gasteiger partial charge is 0.497 e. The molecule has 0 saturated heterocycles.